The number of rotatable bonds is 7. The van der Waals surface area contributed by atoms with Gasteiger partial charge in [-0.15, -0.1) is 10.2 Å². The van der Waals surface area contributed by atoms with E-state index in [0.717, 1.165) is 12.8 Å². The van der Waals surface area contributed by atoms with Crippen molar-refractivity contribution in [2.75, 3.05) is 37.5 Å². The standard InChI is InChI=1S/C22H25N9O3/c1-23-21(32)18-16(11-17(26-27-18)31-10-9-30(22(31)33)13-7-8-13)25-15-6-4-5-14(19(15)34-3)20-24-12-29(2)28-20/h4-6,11-13H,7-10H2,1-3H3,(H,23,32)(H,25,26). The Morgan fingerprint density at radius 2 is 2.00 bits per heavy atom. The van der Waals surface area contributed by atoms with E-state index in [-0.39, 0.29) is 11.7 Å². The highest BCUT2D eigenvalue weighted by Crippen LogP contribution is 2.38. The molecule has 3 amide bonds. The molecular formula is C22H25N9O3. The van der Waals surface area contributed by atoms with E-state index in [1.807, 2.05) is 23.1 Å². The van der Waals surface area contributed by atoms with E-state index in [1.165, 1.54) is 7.05 Å². The van der Waals surface area contributed by atoms with Gasteiger partial charge in [0.25, 0.3) is 5.91 Å². The van der Waals surface area contributed by atoms with Gasteiger partial charge in [-0.25, -0.2) is 9.78 Å². The van der Waals surface area contributed by atoms with E-state index in [4.69, 9.17) is 4.74 Å². The minimum Gasteiger partial charge on any atom is -0.494 e. The van der Waals surface area contributed by atoms with Crippen LogP contribution in [0.25, 0.3) is 11.4 Å². The van der Waals surface area contributed by atoms with E-state index in [2.05, 4.69) is 30.9 Å². The molecule has 1 aliphatic heterocycles. The number of methoxy groups -OCH3 is 1. The second kappa shape index (κ2) is 8.61. The van der Waals surface area contributed by atoms with Crippen LogP contribution in [0.4, 0.5) is 22.0 Å². The summed E-state index contributed by atoms with van der Waals surface area (Å²) in [5.41, 5.74) is 1.77. The fourth-order valence-electron chi connectivity index (χ4n) is 4.03. The summed E-state index contributed by atoms with van der Waals surface area (Å²) in [4.78, 5) is 33.2. The van der Waals surface area contributed by atoms with Crippen molar-refractivity contribution in [3.8, 4) is 17.1 Å². The minimum absolute atomic E-state index is 0.0868. The number of amides is 3. The first-order valence-corrected chi connectivity index (χ1v) is 11.0. The van der Waals surface area contributed by atoms with Crippen LogP contribution in [0, 0.1) is 0 Å². The van der Waals surface area contributed by atoms with Gasteiger partial charge in [-0.2, -0.15) is 5.10 Å². The highest BCUT2D eigenvalue weighted by molar-refractivity contribution is 6.00. The molecule has 0 bridgehead atoms. The first-order chi connectivity index (χ1) is 16.5. The molecule has 5 rings (SSSR count). The third-order valence-corrected chi connectivity index (χ3v) is 5.86. The van der Waals surface area contributed by atoms with Crippen molar-refractivity contribution in [3.05, 3.63) is 36.3 Å². The third kappa shape index (κ3) is 3.87. The fraction of sp³-hybridized carbons (Fsp3) is 0.364. The van der Waals surface area contributed by atoms with Gasteiger partial charge < -0.3 is 20.3 Å². The van der Waals surface area contributed by atoms with Crippen molar-refractivity contribution < 1.29 is 14.3 Å². The van der Waals surface area contributed by atoms with Gasteiger partial charge in [0, 0.05) is 39.3 Å². The van der Waals surface area contributed by atoms with Crippen molar-refractivity contribution in [2.45, 2.75) is 18.9 Å². The van der Waals surface area contributed by atoms with Crippen LogP contribution in [-0.4, -0.2) is 75.1 Å². The lowest BCUT2D eigenvalue weighted by Crippen LogP contribution is -2.34. The molecule has 2 fully saturated rings. The molecule has 2 aliphatic rings. The smallest absolute Gasteiger partial charge is 0.326 e. The average Bonchev–Trinajstić information content (AvgIpc) is 3.48. The molecule has 1 aliphatic carbocycles. The zero-order valence-corrected chi connectivity index (χ0v) is 19.1. The van der Waals surface area contributed by atoms with Crippen LogP contribution < -0.4 is 20.3 Å². The summed E-state index contributed by atoms with van der Waals surface area (Å²) in [7, 11) is 4.86. The van der Waals surface area contributed by atoms with Crippen LogP contribution in [0.2, 0.25) is 0 Å². The second-order valence-corrected chi connectivity index (χ2v) is 8.16. The number of hydrogen-bond donors (Lipinski definition) is 2. The first-order valence-electron chi connectivity index (χ1n) is 11.0. The highest BCUT2D eigenvalue weighted by Gasteiger charge is 2.40. The van der Waals surface area contributed by atoms with Gasteiger partial charge in [0.2, 0.25) is 0 Å². The van der Waals surface area contributed by atoms with Gasteiger partial charge in [0.1, 0.15) is 6.33 Å². The van der Waals surface area contributed by atoms with E-state index >= 15 is 0 Å². The SMILES string of the molecule is CNC(=O)c1nnc(N2CCN(C3CC3)C2=O)cc1Nc1cccc(-c2ncn(C)n2)c1OC. The molecule has 12 nitrogen and oxygen atoms in total. The summed E-state index contributed by atoms with van der Waals surface area (Å²) in [6.45, 7) is 1.17. The first kappa shape index (κ1) is 21.6. The largest absolute Gasteiger partial charge is 0.494 e. The molecule has 0 atom stereocenters. The zero-order valence-electron chi connectivity index (χ0n) is 19.1. The molecule has 2 N–H and O–H groups in total. The zero-order chi connectivity index (χ0) is 23.8. The molecule has 3 heterocycles. The molecule has 1 saturated carbocycles. The maximum atomic E-state index is 12.9. The van der Waals surface area contributed by atoms with Crippen molar-refractivity contribution in [3.63, 3.8) is 0 Å². The molecule has 3 aromatic rings. The normalized spacial score (nSPS) is 15.6. The monoisotopic (exact) mass is 463 g/mol. The Kier molecular flexibility index (Phi) is 5.48. The Morgan fingerprint density at radius 3 is 2.68 bits per heavy atom. The lowest BCUT2D eigenvalue weighted by molar-refractivity contribution is 0.0958. The average molecular weight is 464 g/mol. The lowest BCUT2D eigenvalue weighted by Gasteiger charge is -2.19. The number of nitrogens with one attached hydrogen (secondary N) is 2. The number of hydrogen-bond acceptors (Lipinski definition) is 8. The Balaban J connectivity index is 1.52. The maximum Gasteiger partial charge on any atom is 0.326 e. The molecule has 34 heavy (non-hydrogen) atoms. The maximum absolute atomic E-state index is 12.9. The van der Waals surface area contributed by atoms with Gasteiger partial charge >= 0.3 is 6.03 Å². The number of ether oxygens (including phenoxy) is 1. The Hall–Kier alpha value is -4.22. The Bertz CT molecular complexity index is 1250. The van der Waals surface area contributed by atoms with Gasteiger partial charge in [-0.05, 0) is 25.0 Å². The lowest BCUT2D eigenvalue weighted by atomic mass is 10.1. The number of para-hydroxylation sites is 1. The number of benzene rings is 1. The van der Waals surface area contributed by atoms with E-state index in [9.17, 15) is 9.59 Å². The van der Waals surface area contributed by atoms with Gasteiger partial charge in [0.15, 0.2) is 23.1 Å². The van der Waals surface area contributed by atoms with Crippen molar-refractivity contribution in [2.24, 2.45) is 7.05 Å². The molecule has 1 aromatic carbocycles. The number of anilines is 3. The number of urea groups is 1. The molecule has 12 heteroatoms. The van der Waals surface area contributed by atoms with Gasteiger partial charge in [-0.3, -0.25) is 14.4 Å². The Morgan fingerprint density at radius 1 is 1.18 bits per heavy atom. The Labute approximate surface area is 195 Å². The van der Waals surface area contributed by atoms with Crippen LogP contribution in [0.3, 0.4) is 0 Å². The van der Waals surface area contributed by atoms with Crippen LogP contribution in [0.15, 0.2) is 30.6 Å². The van der Waals surface area contributed by atoms with E-state index < -0.39 is 5.91 Å². The van der Waals surface area contributed by atoms with Crippen LogP contribution in [0.5, 0.6) is 5.75 Å². The molecule has 0 radical (unpaired) electrons. The molecular weight excluding hydrogens is 438 g/mol. The second-order valence-electron chi connectivity index (χ2n) is 8.16. The summed E-state index contributed by atoms with van der Waals surface area (Å²) in [6, 6.07) is 7.40. The summed E-state index contributed by atoms with van der Waals surface area (Å²) in [6.07, 6.45) is 3.68. The van der Waals surface area contributed by atoms with Crippen LogP contribution in [-0.2, 0) is 7.05 Å². The molecule has 176 valence electrons. The molecule has 1 saturated heterocycles. The van der Waals surface area contributed by atoms with Gasteiger partial charge in [0.05, 0.1) is 24.0 Å². The number of carbonyl (C=O) groups is 2. The predicted molar refractivity (Wildman–Crippen MR) is 124 cm³/mol. The van der Waals surface area contributed by atoms with Gasteiger partial charge in [-0.1, -0.05) is 6.07 Å². The number of carbonyl (C=O) groups excluding carboxylic acids is 2. The summed E-state index contributed by atoms with van der Waals surface area (Å²) in [5.74, 6) is 0.984. The summed E-state index contributed by atoms with van der Waals surface area (Å²) >= 11 is 0. The van der Waals surface area contributed by atoms with Crippen molar-refractivity contribution >= 4 is 29.1 Å². The molecule has 0 unspecified atom stereocenters. The highest BCUT2D eigenvalue weighted by atomic mass is 16.5. The van der Waals surface area contributed by atoms with E-state index in [0.29, 0.717) is 53.5 Å². The quantitative estimate of drug-likeness (QED) is 0.542. The van der Waals surface area contributed by atoms with Crippen LogP contribution >= 0.6 is 0 Å². The number of aromatic nitrogens is 5. The fourth-order valence-corrected chi connectivity index (χ4v) is 4.03. The van der Waals surface area contributed by atoms with Crippen molar-refractivity contribution in [1.29, 1.82) is 0 Å². The van der Waals surface area contributed by atoms with Crippen LogP contribution in [0.1, 0.15) is 23.3 Å². The predicted octanol–water partition coefficient (Wildman–Crippen LogP) is 1.79. The molecule has 0 spiro atoms. The van der Waals surface area contributed by atoms with E-state index in [1.54, 1.807) is 36.1 Å². The molecule has 2 aromatic heterocycles. The number of nitrogens with zero attached hydrogens (tertiary/aromatic N) is 7. The topological polar surface area (TPSA) is 130 Å². The third-order valence-electron chi connectivity index (χ3n) is 5.86. The number of aryl methyl sites for hydroxylation is 1. The minimum atomic E-state index is -0.407. The van der Waals surface area contributed by atoms with Crippen molar-refractivity contribution in [1.82, 2.24) is 35.2 Å². The summed E-state index contributed by atoms with van der Waals surface area (Å²) < 4.78 is 7.28. The summed E-state index contributed by atoms with van der Waals surface area (Å²) in [5, 5.41) is 18.5.